The summed E-state index contributed by atoms with van der Waals surface area (Å²) in [5.74, 6) is 0.973. The molecule has 14 heavy (non-hydrogen) atoms. The first-order chi connectivity index (χ1) is 6.61. The molecule has 0 aromatic rings. The summed E-state index contributed by atoms with van der Waals surface area (Å²) in [5, 5.41) is 0. The smallest absolute Gasteiger partial charge is 0.138 e. The average Bonchev–Trinajstić information content (AvgIpc) is 2.12. The Morgan fingerprint density at radius 2 is 2.29 bits per heavy atom. The van der Waals surface area contributed by atoms with E-state index < -0.39 is 0 Å². The summed E-state index contributed by atoms with van der Waals surface area (Å²) in [6.45, 7) is 7.07. The highest BCUT2D eigenvalue weighted by Crippen LogP contribution is 2.22. The first-order valence-electron chi connectivity index (χ1n) is 5.52. The highest BCUT2D eigenvalue weighted by molar-refractivity contribution is 5.81. The molecular formula is C11H21NO2. The summed E-state index contributed by atoms with van der Waals surface area (Å²) in [6.07, 6.45) is 2.77. The maximum Gasteiger partial charge on any atom is 0.138 e. The molecule has 0 aliphatic heterocycles. The van der Waals surface area contributed by atoms with Crippen molar-refractivity contribution in [1.29, 1.82) is 0 Å². The Morgan fingerprint density at radius 3 is 2.93 bits per heavy atom. The molecule has 1 saturated carbocycles. The molecule has 1 aliphatic carbocycles. The molecule has 1 rings (SSSR count). The van der Waals surface area contributed by atoms with Gasteiger partial charge in [0.2, 0.25) is 0 Å². The van der Waals surface area contributed by atoms with Crippen LogP contribution in [-0.2, 0) is 9.63 Å². The molecule has 2 atom stereocenters. The maximum absolute atomic E-state index is 11.4. The van der Waals surface area contributed by atoms with Gasteiger partial charge in [0, 0.05) is 18.9 Å². The van der Waals surface area contributed by atoms with Crippen LogP contribution in [-0.4, -0.2) is 18.4 Å². The Labute approximate surface area is 86.2 Å². The van der Waals surface area contributed by atoms with Gasteiger partial charge in [0.1, 0.15) is 5.78 Å². The van der Waals surface area contributed by atoms with Gasteiger partial charge in [-0.1, -0.05) is 20.8 Å². The predicted molar refractivity (Wildman–Crippen MR) is 55.7 cm³/mol. The fourth-order valence-electron chi connectivity index (χ4n) is 1.65. The van der Waals surface area contributed by atoms with Crippen LogP contribution in [0, 0.1) is 11.8 Å². The summed E-state index contributed by atoms with van der Waals surface area (Å²) < 4.78 is 0. The number of nitrogens with one attached hydrogen (secondary N) is 1. The van der Waals surface area contributed by atoms with Gasteiger partial charge in [0.05, 0.1) is 6.10 Å². The minimum Gasteiger partial charge on any atom is -0.299 e. The quantitative estimate of drug-likeness (QED) is 0.703. The summed E-state index contributed by atoms with van der Waals surface area (Å²) in [7, 11) is 0. The first kappa shape index (κ1) is 11.7. The Bertz CT molecular complexity index is 192. The third-order valence-corrected chi connectivity index (χ3v) is 2.70. The van der Waals surface area contributed by atoms with E-state index in [1.54, 1.807) is 0 Å². The summed E-state index contributed by atoms with van der Waals surface area (Å²) in [5.41, 5.74) is 2.95. The largest absolute Gasteiger partial charge is 0.299 e. The van der Waals surface area contributed by atoms with Gasteiger partial charge in [-0.2, -0.15) is 0 Å². The zero-order valence-corrected chi connectivity index (χ0v) is 9.38. The van der Waals surface area contributed by atoms with Crippen molar-refractivity contribution in [2.24, 2.45) is 11.8 Å². The van der Waals surface area contributed by atoms with Crippen LogP contribution in [0.1, 0.15) is 40.0 Å². The van der Waals surface area contributed by atoms with Gasteiger partial charge >= 0.3 is 0 Å². The lowest BCUT2D eigenvalue weighted by Gasteiger charge is -2.27. The van der Waals surface area contributed by atoms with Gasteiger partial charge < -0.3 is 0 Å². The molecule has 0 radical (unpaired) electrons. The number of hydrogen-bond donors (Lipinski definition) is 1. The monoisotopic (exact) mass is 199 g/mol. The van der Waals surface area contributed by atoms with Gasteiger partial charge in [-0.15, -0.1) is 0 Å². The zero-order valence-electron chi connectivity index (χ0n) is 9.38. The van der Waals surface area contributed by atoms with Crippen LogP contribution in [0.2, 0.25) is 0 Å². The molecule has 0 amide bonds. The lowest BCUT2D eigenvalue weighted by atomic mass is 9.87. The number of hydroxylamine groups is 1. The van der Waals surface area contributed by atoms with Crippen LogP contribution >= 0.6 is 0 Å². The van der Waals surface area contributed by atoms with E-state index in [9.17, 15) is 4.79 Å². The number of rotatable bonds is 4. The number of carbonyl (C=O) groups excluding carboxylic acids is 1. The van der Waals surface area contributed by atoms with Crippen LogP contribution in [0.25, 0.3) is 0 Å². The molecule has 1 aliphatic rings. The van der Waals surface area contributed by atoms with E-state index in [0.717, 1.165) is 25.8 Å². The summed E-state index contributed by atoms with van der Waals surface area (Å²) in [6, 6.07) is 0. The van der Waals surface area contributed by atoms with E-state index in [1.165, 1.54) is 0 Å². The van der Waals surface area contributed by atoms with Gasteiger partial charge in [0.15, 0.2) is 0 Å². The van der Waals surface area contributed by atoms with Gasteiger partial charge in [-0.3, -0.25) is 9.63 Å². The van der Waals surface area contributed by atoms with Crippen LogP contribution < -0.4 is 5.48 Å². The molecule has 1 fully saturated rings. The minimum absolute atomic E-state index is 0.0587. The minimum atomic E-state index is 0.0587. The van der Waals surface area contributed by atoms with Crippen molar-refractivity contribution in [1.82, 2.24) is 5.48 Å². The standard InChI is InChI=1S/C11H21NO2/c1-8(2)7-12-14-11-6-4-5-10(13)9(11)3/h8-9,11-12H,4-7H2,1-3H3. The second-order valence-electron chi connectivity index (χ2n) is 4.55. The Morgan fingerprint density at radius 1 is 1.57 bits per heavy atom. The second-order valence-corrected chi connectivity index (χ2v) is 4.55. The highest BCUT2D eigenvalue weighted by Gasteiger charge is 2.28. The third kappa shape index (κ3) is 3.39. The number of hydrogen-bond acceptors (Lipinski definition) is 3. The lowest BCUT2D eigenvalue weighted by Crippen LogP contribution is -2.37. The Kier molecular flexibility index (Phi) is 4.55. The Hall–Kier alpha value is -0.410. The zero-order chi connectivity index (χ0) is 10.6. The van der Waals surface area contributed by atoms with Crippen LogP contribution in [0.15, 0.2) is 0 Å². The maximum atomic E-state index is 11.4. The lowest BCUT2D eigenvalue weighted by molar-refractivity contribution is -0.136. The van der Waals surface area contributed by atoms with Crippen LogP contribution in [0.5, 0.6) is 0 Å². The van der Waals surface area contributed by atoms with E-state index in [2.05, 4.69) is 19.3 Å². The van der Waals surface area contributed by atoms with E-state index in [1.807, 2.05) is 6.92 Å². The molecule has 0 bridgehead atoms. The molecule has 1 N–H and O–H groups in total. The van der Waals surface area contributed by atoms with E-state index in [-0.39, 0.29) is 12.0 Å². The van der Waals surface area contributed by atoms with Gasteiger partial charge in [-0.25, -0.2) is 5.48 Å². The molecule has 0 heterocycles. The van der Waals surface area contributed by atoms with E-state index in [0.29, 0.717) is 11.7 Å². The molecule has 0 saturated heterocycles. The van der Waals surface area contributed by atoms with Crippen molar-refractivity contribution < 1.29 is 9.63 Å². The molecule has 82 valence electrons. The van der Waals surface area contributed by atoms with Crippen molar-refractivity contribution in [3.63, 3.8) is 0 Å². The molecular weight excluding hydrogens is 178 g/mol. The predicted octanol–water partition coefficient (Wildman–Crippen LogP) is 1.92. The SMILES string of the molecule is CC(C)CNOC1CCCC(=O)C1C. The first-order valence-corrected chi connectivity index (χ1v) is 5.52. The second kappa shape index (κ2) is 5.47. The van der Waals surface area contributed by atoms with E-state index in [4.69, 9.17) is 4.84 Å². The Balaban J connectivity index is 2.25. The van der Waals surface area contributed by atoms with Crippen molar-refractivity contribution in [3.8, 4) is 0 Å². The number of ketones is 1. The normalized spacial score (nSPS) is 28.4. The van der Waals surface area contributed by atoms with Crippen molar-refractivity contribution in [2.45, 2.75) is 46.1 Å². The number of carbonyl (C=O) groups is 1. The highest BCUT2D eigenvalue weighted by atomic mass is 16.7. The molecule has 3 nitrogen and oxygen atoms in total. The van der Waals surface area contributed by atoms with Gasteiger partial charge in [-0.05, 0) is 18.8 Å². The topological polar surface area (TPSA) is 38.3 Å². The number of Topliss-reactive ketones (excluding diaryl/α,β-unsaturated/α-hetero) is 1. The molecule has 0 spiro atoms. The van der Waals surface area contributed by atoms with Gasteiger partial charge in [0.25, 0.3) is 0 Å². The molecule has 3 heteroatoms. The molecule has 0 aromatic heterocycles. The molecule has 2 unspecified atom stereocenters. The fraction of sp³-hybridized carbons (Fsp3) is 0.909. The van der Waals surface area contributed by atoms with Crippen LogP contribution in [0.4, 0.5) is 0 Å². The average molecular weight is 199 g/mol. The van der Waals surface area contributed by atoms with E-state index >= 15 is 0 Å². The van der Waals surface area contributed by atoms with Crippen LogP contribution in [0.3, 0.4) is 0 Å². The summed E-state index contributed by atoms with van der Waals surface area (Å²) >= 11 is 0. The van der Waals surface area contributed by atoms with Crippen molar-refractivity contribution >= 4 is 5.78 Å². The molecule has 0 aromatic carbocycles. The fourth-order valence-corrected chi connectivity index (χ4v) is 1.65. The van der Waals surface area contributed by atoms with Crippen molar-refractivity contribution in [3.05, 3.63) is 0 Å². The third-order valence-electron chi connectivity index (χ3n) is 2.70. The summed E-state index contributed by atoms with van der Waals surface area (Å²) in [4.78, 5) is 16.9. The van der Waals surface area contributed by atoms with Crippen molar-refractivity contribution in [2.75, 3.05) is 6.54 Å².